The summed E-state index contributed by atoms with van der Waals surface area (Å²) in [4.78, 5) is 0. The van der Waals surface area contributed by atoms with Crippen LogP contribution in [0.3, 0.4) is 0 Å². The SMILES string of the molecule is [2H]c1ccc2cc(-c3c4ccccc4c(-c4ccc([2H])c5sc6ccccc6c45)c4ccccc34)ccc2c1. The van der Waals surface area contributed by atoms with Gasteiger partial charge in [-0.05, 0) is 72.7 Å². The Morgan fingerprint density at radius 1 is 0.486 bits per heavy atom. The van der Waals surface area contributed by atoms with Crippen molar-refractivity contribution in [2.75, 3.05) is 0 Å². The Balaban J connectivity index is 1.53. The fourth-order valence-corrected chi connectivity index (χ4v) is 7.01. The second-order valence-corrected chi connectivity index (χ2v) is 10.6. The van der Waals surface area contributed by atoms with Gasteiger partial charge in [0, 0.05) is 20.2 Å². The van der Waals surface area contributed by atoms with Gasteiger partial charge < -0.3 is 0 Å². The zero-order chi connectivity index (χ0) is 26.1. The van der Waals surface area contributed by atoms with E-state index in [4.69, 9.17) is 2.74 Å². The Morgan fingerprint density at radius 3 is 1.92 bits per heavy atom. The van der Waals surface area contributed by atoms with Crippen molar-refractivity contribution in [3.05, 3.63) is 133 Å². The van der Waals surface area contributed by atoms with E-state index >= 15 is 0 Å². The van der Waals surface area contributed by atoms with Gasteiger partial charge in [-0.1, -0.05) is 115 Å². The molecule has 8 aromatic rings. The maximum atomic E-state index is 8.71. The molecule has 8 rings (SSSR count). The first-order chi connectivity index (χ1) is 19.2. The summed E-state index contributed by atoms with van der Waals surface area (Å²) in [5, 5.41) is 9.45. The molecule has 0 fully saturated rings. The average Bonchev–Trinajstić information content (AvgIpc) is 3.37. The normalized spacial score (nSPS) is 12.5. The monoisotopic (exact) mass is 488 g/mol. The summed E-state index contributed by atoms with van der Waals surface area (Å²) in [7, 11) is 0. The standard InChI is InChI=1S/C36H22S/c1-2-11-24-22-25(21-20-23(24)10-1)34-26-12-3-5-14-28(26)35(29-15-6-4-13-27(29)34)31-17-9-19-33-36(31)30-16-7-8-18-32(30)37-33/h1-22H/i1D,19D. The van der Waals surface area contributed by atoms with E-state index in [1.54, 1.807) is 11.3 Å². The van der Waals surface area contributed by atoms with Crippen LogP contribution < -0.4 is 0 Å². The topological polar surface area (TPSA) is 0 Å². The highest BCUT2D eigenvalue weighted by Gasteiger charge is 2.19. The molecule has 0 saturated heterocycles. The van der Waals surface area contributed by atoms with Gasteiger partial charge in [0.1, 0.15) is 0 Å². The van der Waals surface area contributed by atoms with Gasteiger partial charge in [-0.2, -0.15) is 0 Å². The largest absolute Gasteiger partial charge is 0.135 e. The number of hydrogen-bond donors (Lipinski definition) is 0. The molecule has 0 bridgehead atoms. The van der Waals surface area contributed by atoms with E-state index in [9.17, 15) is 0 Å². The van der Waals surface area contributed by atoms with Gasteiger partial charge in [0.15, 0.2) is 0 Å². The smallest absolute Gasteiger partial charge is 0.0638 e. The zero-order valence-corrected chi connectivity index (χ0v) is 20.8. The van der Waals surface area contributed by atoms with Crippen LogP contribution in [0.25, 0.3) is 74.7 Å². The molecular weight excluding hydrogens is 464 g/mol. The Bertz CT molecular complexity index is 2200. The molecule has 0 amide bonds. The van der Waals surface area contributed by atoms with Gasteiger partial charge in [0.25, 0.3) is 0 Å². The van der Waals surface area contributed by atoms with Crippen molar-refractivity contribution in [1.29, 1.82) is 0 Å². The Hall–Kier alpha value is -4.46. The van der Waals surface area contributed by atoms with Crippen molar-refractivity contribution in [2.24, 2.45) is 0 Å². The minimum Gasteiger partial charge on any atom is -0.135 e. The summed E-state index contributed by atoms with van der Waals surface area (Å²) in [5.74, 6) is 0. The molecule has 37 heavy (non-hydrogen) atoms. The summed E-state index contributed by atoms with van der Waals surface area (Å²) >= 11 is 1.71. The van der Waals surface area contributed by atoms with E-state index in [0.29, 0.717) is 12.1 Å². The Morgan fingerprint density at radius 2 is 1.16 bits per heavy atom. The second-order valence-electron chi connectivity index (χ2n) is 9.52. The molecular formula is C36H22S. The molecule has 1 aromatic heterocycles. The van der Waals surface area contributed by atoms with E-state index < -0.39 is 0 Å². The molecule has 0 aliphatic carbocycles. The quantitative estimate of drug-likeness (QED) is 0.212. The van der Waals surface area contributed by atoms with E-state index in [1.165, 1.54) is 59.3 Å². The van der Waals surface area contributed by atoms with Crippen molar-refractivity contribution in [3.63, 3.8) is 0 Å². The van der Waals surface area contributed by atoms with Crippen LogP contribution in [0.2, 0.25) is 0 Å². The molecule has 0 nitrogen and oxygen atoms in total. The lowest BCUT2D eigenvalue weighted by Gasteiger charge is -2.18. The predicted octanol–water partition coefficient (Wildman–Crippen LogP) is 10.8. The van der Waals surface area contributed by atoms with Gasteiger partial charge in [-0.15, -0.1) is 11.3 Å². The van der Waals surface area contributed by atoms with Gasteiger partial charge in [0.05, 0.1) is 2.74 Å². The lowest BCUT2D eigenvalue weighted by atomic mass is 9.84. The van der Waals surface area contributed by atoms with Crippen molar-refractivity contribution < 1.29 is 2.74 Å². The van der Waals surface area contributed by atoms with Crippen molar-refractivity contribution in [1.82, 2.24) is 0 Å². The predicted molar refractivity (Wildman–Crippen MR) is 163 cm³/mol. The number of fused-ring (bicyclic) bond motifs is 6. The van der Waals surface area contributed by atoms with E-state index in [-0.39, 0.29) is 0 Å². The Kier molecular flexibility index (Phi) is 4.07. The highest BCUT2D eigenvalue weighted by molar-refractivity contribution is 7.25. The Labute approximate surface area is 221 Å². The zero-order valence-electron chi connectivity index (χ0n) is 22.0. The van der Waals surface area contributed by atoms with Crippen LogP contribution in [0.15, 0.2) is 133 Å². The van der Waals surface area contributed by atoms with Gasteiger partial charge >= 0.3 is 0 Å². The van der Waals surface area contributed by atoms with Gasteiger partial charge in [-0.3, -0.25) is 0 Å². The second kappa shape index (κ2) is 8.03. The van der Waals surface area contributed by atoms with Crippen LogP contribution in [0.5, 0.6) is 0 Å². The van der Waals surface area contributed by atoms with E-state index in [0.717, 1.165) is 15.5 Å². The summed E-state index contributed by atoms with van der Waals surface area (Å²) in [5.41, 5.74) is 4.80. The number of rotatable bonds is 2. The van der Waals surface area contributed by atoms with Crippen molar-refractivity contribution >= 4 is 63.8 Å². The molecule has 1 heterocycles. The van der Waals surface area contributed by atoms with E-state index in [1.807, 2.05) is 24.3 Å². The molecule has 0 spiro atoms. The molecule has 172 valence electrons. The maximum absolute atomic E-state index is 8.71. The summed E-state index contributed by atoms with van der Waals surface area (Å²) in [6.45, 7) is 0. The van der Waals surface area contributed by atoms with Gasteiger partial charge in [0.2, 0.25) is 0 Å². The van der Waals surface area contributed by atoms with Crippen molar-refractivity contribution in [2.45, 2.75) is 0 Å². The highest BCUT2D eigenvalue weighted by Crippen LogP contribution is 2.47. The number of hydrogen-bond acceptors (Lipinski definition) is 1. The average molecular weight is 489 g/mol. The lowest BCUT2D eigenvalue weighted by molar-refractivity contribution is 1.69. The fourth-order valence-electron chi connectivity index (χ4n) is 5.92. The molecule has 0 radical (unpaired) electrons. The number of benzene rings is 7. The van der Waals surface area contributed by atoms with Crippen LogP contribution in [0, 0.1) is 0 Å². The highest BCUT2D eigenvalue weighted by atomic mass is 32.1. The van der Waals surface area contributed by atoms with Crippen molar-refractivity contribution in [3.8, 4) is 22.3 Å². The van der Waals surface area contributed by atoms with Crippen LogP contribution in [-0.2, 0) is 0 Å². The number of thiophene rings is 1. The fraction of sp³-hybridized carbons (Fsp3) is 0. The third kappa shape index (κ3) is 3.08. The summed E-state index contributed by atoms with van der Waals surface area (Å²) in [6, 6.07) is 43.6. The van der Waals surface area contributed by atoms with Crippen LogP contribution in [-0.4, -0.2) is 0 Å². The molecule has 0 atom stereocenters. The van der Waals surface area contributed by atoms with Crippen LogP contribution >= 0.6 is 11.3 Å². The van der Waals surface area contributed by atoms with Gasteiger partial charge in [-0.25, -0.2) is 0 Å². The third-order valence-electron chi connectivity index (χ3n) is 7.50. The molecule has 0 aliphatic rings. The molecule has 0 saturated carbocycles. The first-order valence-electron chi connectivity index (χ1n) is 13.5. The lowest BCUT2D eigenvalue weighted by Crippen LogP contribution is -1.91. The summed E-state index contributed by atoms with van der Waals surface area (Å²) < 4.78 is 19.0. The molecule has 0 N–H and O–H groups in total. The minimum absolute atomic E-state index is 0.529. The van der Waals surface area contributed by atoms with E-state index in [2.05, 4.69) is 97.1 Å². The van der Waals surface area contributed by atoms with Crippen LogP contribution in [0.1, 0.15) is 2.74 Å². The third-order valence-corrected chi connectivity index (χ3v) is 8.61. The maximum Gasteiger partial charge on any atom is 0.0638 e. The first-order valence-corrected chi connectivity index (χ1v) is 13.3. The molecule has 7 aromatic carbocycles. The minimum atomic E-state index is 0.529. The molecule has 1 heteroatoms. The summed E-state index contributed by atoms with van der Waals surface area (Å²) in [6.07, 6.45) is 0. The van der Waals surface area contributed by atoms with Crippen LogP contribution in [0.4, 0.5) is 0 Å². The first kappa shape index (κ1) is 18.8. The molecule has 0 aliphatic heterocycles. The molecule has 0 unspecified atom stereocenters.